The topological polar surface area (TPSA) is 214 Å². The van der Waals surface area contributed by atoms with Crippen molar-refractivity contribution in [3.63, 3.8) is 0 Å². The number of hydrogen-bond acceptors (Lipinski definition) is 8. The highest BCUT2D eigenvalue weighted by molar-refractivity contribution is 7.98. The molecule has 0 radical (unpaired) electrons. The maximum absolute atomic E-state index is 13.2. The molecule has 0 aliphatic carbocycles. The van der Waals surface area contributed by atoms with Crippen LogP contribution in [0.4, 0.5) is 0 Å². The summed E-state index contributed by atoms with van der Waals surface area (Å²) in [5.74, 6) is -3.70. The second-order valence-corrected chi connectivity index (χ2v) is 9.94. The van der Waals surface area contributed by atoms with E-state index in [4.69, 9.17) is 11.5 Å². The standard InChI is InChI=1S/C24H37N5O7S/c1-13(2)20(29-21(32)16(25)8-9-19(26)31)23(34)28-18(12-14-4-6-15(30)7-5-14)22(33)27-17(24(35)36)10-11-37-3/h4-7,13,16-18,20,30H,8-12,25H2,1-3H3,(H2,26,31)(H,27,33)(H,28,34)(H,29,32)(H,35,36). The van der Waals surface area contributed by atoms with Crippen LogP contribution in [0.15, 0.2) is 24.3 Å². The molecule has 0 aliphatic rings. The number of carbonyl (C=O) groups is 5. The third-order valence-electron chi connectivity index (χ3n) is 5.52. The zero-order valence-corrected chi connectivity index (χ0v) is 22.0. The predicted octanol–water partition coefficient (Wildman–Crippen LogP) is -0.524. The summed E-state index contributed by atoms with van der Waals surface area (Å²) in [4.78, 5) is 61.4. The molecule has 0 saturated carbocycles. The minimum absolute atomic E-state index is 0.00358. The third kappa shape index (κ3) is 11.5. The van der Waals surface area contributed by atoms with Crippen LogP contribution in [0.5, 0.6) is 5.75 Å². The number of phenols is 1. The summed E-state index contributed by atoms with van der Waals surface area (Å²) in [7, 11) is 0. The minimum Gasteiger partial charge on any atom is -0.508 e. The van der Waals surface area contributed by atoms with Crippen molar-refractivity contribution in [3.8, 4) is 5.75 Å². The summed E-state index contributed by atoms with van der Waals surface area (Å²) in [6, 6.07) is 1.55. The van der Waals surface area contributed by atoms with Gasteiger partial charge in [0.05, 0.1) is 6.04 Å². The second kappa shape index (κ2) is 15.7. The summed E-state index contributed by atoms with van der Waals surface area (Å²) in [6.07, 6.45) is 1.92. The Balaban J connectivity index is 3.08. The highest BCUT2D eigenvalue weighted by atomic mass is 32.2. The van der Waals surface area contributed by atoms with E-state index >= 15 is 0 Å². The molecule has 12 nitrogen and oxygen atoms in total. The molecule has 1 aromatic carbocycles. The highest BCUT2D eigenvalue weighted by Gasteiger charge is 2.31. The highest BCUT2D eigenvalue weighted by Crippen LogP contribution is 2.13. The molecule has 4 atom stereocenters. The van der Waals surface area contributed by atoms with Crippen LogP contribution in [0.3, 0.4) is 0 Å². The van der Waals surface area contributed by atoms with E-state index in [0.717, 1.165) is 0 Å². The molecular weight excluding hydrogens is 502 g/mol. The van der Waals surface area contributed by atoms with Gasteiger partial charge in [-0.25, -0.2) is 4.79 Å². The van der Waals surface area contributed by atoms with E-state index in [9.17, 15) is 34.2 Å². The van der Waals surface area contributed by atoms with Gasteiger partial charge in [-0.05, 0) is 48.5 Å². The Bertz CT molecular complexity index is 942. The maximum atomic E-state index is 13.2. The molecule has 1 rings (SSSR count). The number of carbonyl (C=O) groups excluding carboxylic acids is 4. The van der Waals surface area contributed by atoms with Gasteiger partial charge in [-0.3, -0.25) is 19.2 Å². The lowest BCUT2D eigenvalue weighted by molar-refractivity contribution is -0.142. The van der Waals surface area contributed by atoms with Crippen molar-refractivity contribution in [2.24, 2.45) is 17.4 Å². The zero-order valence-electron chi connectivity index (χ0n) is 21.2. The average molecular weight is 540 g/mol. The normalized spacial score (nSPS) is 14.2. The van der Waals surface area contributed by atoms with Crippen LogP contribution in [-0.2, 0) is 30.4 Å². The number of benzene rings is 1. The van der Waals surface area contributed by atoms with Crippen LogP contribution in [0.2, 0.25) is 0 Å². The lowest BCUT2D eigenvalue weighted by Crippen LogP contribution is -2.59. The Morgan fingerprint density at radius 3 is 2.03 bits per heavy atom. The smallest absolute Gasteiger partial charge is 0.326 e. The Labute approximate surface area is 220 Å². The van der Waals surface area contributed by atoms with E-state index in [1.54, 1.807) is 26.0 Å². The van der Waals surface area contributed by atoms with E-state index in [1.807, 2.05) is 6.26 Å². The van der Waals surface area contributed by atoms with Gasteiger partial charge < -0.3 is 37.6 Å². The molecule has 0 fully saturated rings. The summed E-state index contributed by atoms with van der Waals surface area (Å²) >= 11 is 1.43. The number of hydrogen-bond donors (Lipinski definition) is 7. The first-order valence-electron chi connectivity index (χ1n) is 11.8. The van der Waals surface area contributed by atoms with E-state index in [-0.39, 0.29) is 31.4 Å². The molecule has 0 aromatic heterocycles. The van der Waals surface area contributed by atoms with Crippen molar-refractivity contribution in [1.29, 1.82) is 0 Å². The number of thioether (sulfide) groups is 1. The molecule has 0 heterocycles. The maximum Gasteiger partial charge on any atom is 0.326 e. The minimum atomic E-state index is -1.20. The van der Waals surface area contributed by atoms with Crippen molar-refractivity contribution >= 4 is 41.4 Å². The predicted molar refractivity (Wildman–Crippen MR) is 139 cm³/mol. The number of aromatic hydroxyl groups is 1. The molecular formula is C24H37N5O7S. The number of nitrogens with two attached hydrogens (primary N) is 2. The molecule has 9 N–H and O–H groups in total. The number of aliphatic carboxylic acids is 1. The van der Waals surface area contributed by atoms with E-state index < -0.39 is 59.7 Å². The van der Waals surface area contributed by atoms with E-state index in [0.29, 0.717) is 11.3 Å². The van der Waals surface area contributed by atoms with Gasteiger partial charge in [-0.1, -0.05) is 26.0 Å². The Kier molecular flexibility index (Phi) is 13.5. The first-order chi connectivity index (χ1) is 17.3. The number of carboxylic acids is 1. The fourth-order valence-electron chi connectivity index (χ4n) is 3.33. The number of nitrogens with one attached hydrogen (secondary N) is 3. The van der Waals surface area contributed by atoms with Gasteiger partial charge in [0.2, 0.25) is 23.6 Å². The van der Waals surface area contributed by atoms with Crippen molar-refractivity contribution < 1.29 is 34.2 Å². The van der Waals surface area contributed by atoms with Gasteiger partial charge >= 0.3 is 5.97 Å². The van der Waals surface area contributed by atoms with E-state index in [2.05, 4.69) is 16.0 Å². The third-order valence-corrected chi connectivity index (χ3v) is 6.16. The van der Waals surface area contributed by atoms with Gasteiger partial charge in [0, 0.05) is 12.8 Å². The first-order valence-corrected chi connectivity index (χ1v) is 13.2. The summed E-state index contributed by atoms with van der Waals surface area (Å²) in [5, 5.41) is 26.7. The SMILES string of the molecule is CSCCC(NC(=O)C(Cc1ccc(O)cc1)NC(=O)C(NC(=O)C(N)CCC(N)=O)C(C)C)C(=O)O. The van der Waals surface area contributed by atoms with Crippen LogP contribution >= 0.6 is 11.8 Å². The summed E-state index contributed by atoms with van der Waals surface area (Å²) < 4.78 is 0. The van der Waals surface area contributed by atoms with Gasteiger partial charge in [0.25, 0.3) is 0 Å². The summed E-state index contributed by atoms with van der Waals surface area (Å²) in [6.45, 7) is 3.38. The quantitative estimate of drug-likeness (QED) is 0.144. The fraction of sp³-hybridized carbons (Fsp3) is 0.542. The van der Waals surface area contributed by atoms with E-state index in [1.165, 1.54) is 23.9 Å². The van der Waals surface area contributed by atoms with Crippen molar-refractivity contribution in [3.05, 3.63) is 29.8 Å². The van der Waals surface area contributed by atoms with Gasteiger partial charge in [0.15, 0.2) is 0 Å². The molecule has 0 aliphatic heterocycles. The molecule has 0 spiro atoms. The van der Waals surface area contributed by atoms with Crippen LogP contribution in [0.1, 0.15) is 38.7 Å². The number of carboxylic acid groups (broad SMARTS) is 1. The zero-order chi connectivity index (χ0) is 28.1. The van der Waals surface area contributed by atoms with Crippen LogP contribution in [0.25, 0.3) is 0 Å². The molecule has 206 valence electrons. The molecule has 0 bridgehead atoms. The summed E-state index contributed by atoms with van der Waals surface area (Å²) in [5.41, 5.74) is 11.5. The van der Waals surface area contributed by atoms with Gasteiger partial charge in [-0.2, -0.15) is 11.8 Å². The molecule has 13 heteroatoms. The van der Waals surface area contributed by atoms with Crippen molar-refractivity contribution in [1.82, 2.24) is 16.0 Å². The molecule has 4 amide bonds. The van der Waals surface area contributed by atoms with Crippen LogP contribution in [0, 0.1) is 5.92 Å². The number of phenolic OH excluding ortho intramolecular Hbond substituents is 1. The second-order valence-electron chi connectivity index (χ2n) is 8.95. The van der Waals surface area contributed by atoms with Crippen molar-refractivity contribution in [2.45, 2.75) is 63.7 Å². The van der Waals surface area contributed by atoms with Crippen LogP contribution < -0.4 is 27.4 Å². The van der Waals surface area contributed by atoms with Gasteiger partial charge in [-0.15, -0.1) is 0 Å². The Hall–Kier alpha value is -3.32. The lowest BCUT2D eigenvalue weighted by atomic mass is 10.00. The number of rotatable bonds is 16. The van der Waals surface area contributed by atoms with Crippen LogP contribution in [-0.4, -0.2) is 76.0 Å². The van der Waals surface area contributed by atoms with Gasteiger partial charge in [0.1, 0.15) is 23.9 Å². The average Bonchev–Trinajstić information content (AvgIpc) is 2.83. The Morgan fingerprint density at radius 2 is 1.51 bits per heavy atom. The fourth-order valence-corrected chi connectivity index (χ4v) is 3.80. The number of amides is 4. The molecule has 1 aromatic rings. The first kappa shape index (κ1) is 31.7. The largest absolute Gasteiger partial charge is 0.508 e. The monoisotopic (exact) mass is 539 g/mol. The number of primary amides is 1. The molecule has 0 saturated heterocycles. The van der Waals surface area contributed by atoms with Crippen molar-refractivity contribution in [2.75, 3.05) is 12.0 Å². The Morgan fingerprint density at radius 1 is 0.919 bits per heavy atom. The molecule has 37 heavy (non-hydrogen) atoms. The lowest BCUT2D eigenvalue weighted by Gasteiger charge is -2.27. The molecule has 4 unspecified atom stereocenters.